The topological polar surface area (TPSA) is 56.8 Å². The molecule has 4 rings (SSSR count). The maximum Gasteiger partial charge on any atom is 0.142 e. The summed E-state index contributed by atoms with van der Waals surface area (Å²) in [5, 5.41) is 4.70. The van der Waals surface area contributed by atoms with Gasteiger partial charge in [-0.2, -0.15) is 0 Å². The van der Waals surface area contributed by atoms with Crippen LogP contribution in [0.2, 0.25) is 0 Å². The van der Waals surface area contributed by atoms with Gasteiger partial charge in [0.2, 0.25) is 0 Å². The first-order valence-corrected chi connectivity index (χ1v) is 8.15. The average Bonchev–Trinajstić information content (AvgIpc) is 2.90. The summed E-state index contributed by atoms with van der Waals surface area (Å²) >= 11 is 0. The third-order valence-electron chi connectivity index (χ3n) is 6.04. The van der Waals surface area contributed by atoms with Crippen LogP contribution in [0.15, 0.2) is 18.6 Å². The predicted molar refractivity (Wildman–Crippen MR) is 88.9 cm³/mol. The van der Waals surface area contributed by atoms with Crippen molar-refractivity contribution in [2.75, 3.05) is 31.6 Å². The highest BCUT2D eigenvalue weighted by Gasteiger charge is 2.71. The van der Waals surface area contributed by atoms with Crippen molar-refractivity contribution in [3.63, 3.8) is 0 Å². The molecule has 0 bridgehead atoms. The van der Waals surface area contributed by atoms with Gasteiger partial charge in [0.25, 0.3) is 0 Å². The van der Waals surface area contributed by atoms with Crippen LogP contribution < -0.4 is 10.2 Å². The van der Waals surface area contributed by atoms with Crippen molar-refractivity contribution in [1.82, 2.24) is 20.3 Å². The lowest BCUT2D eigenvalue weighted by Gasteiger charge is -2.32. The Kier molecular flexibility index (Phi) is 2.83. The quantitative estimate of drug-likeness (QED) is 0.913. The number of aromatic amines is 1. The van der Waals surface area contributed by atoms with Crippen molar-refractivity contribution >= 4 is 16.9 Å². The van der Waals surface area contributed by atoms with E-state index in [1.165, 1.54) is 6.54 Å². The molecule has 2 aliphatic rings. The summed E-state index contributed by atoms with van der Waals surface area (Å²) in [6, 6.07) is 2.07. The third-order valence-corrected chi connectivity index (χ3v) is 6.04. The van der Waals surface area contributed by atoms with Crippen LogP contribution in [0.4, 0.5) is 5.82 Å². The van der Waals surface area contributed by atoms with Gasteiger partial charge in [0.1, 0.15) is 17.8 Å². The van der Waals surface area contributed by atoms with Gasteiger partial charge in [0.15, 0.2) is 0 Å². The maximum absolute atomic E-state index is 4.52. The van der Waals surface area contributed by atoms with Crippen LogP contribution in [-0.4, -0.2) is 41.6 Å². The van der Waals surface area contributed by atoms with Crippen molar-refractivity contribution in [3.8, 4) is 0 Å². The molecule has 0 aromatic carbocycles. The Labute approximate surface area is 131 Å². The Morgan fingerprint density at radius 2 is 2.18 bits per heavy atom. The summed E-state index contributed by atoms with van der Waals surface area (Å²) in [6.07, 6.45) is 3.59. The number of rotatable bonds is 3. The molecule has 1 aliphatic heterocycles. The van der Waals surface area contributed by atoms with Gasteiger partial charge in [-0.05, 0) is 35.3 Å². The molecule has 2 N–H and O–H groups in total. The molecule has 2 aromatic rings. The molecule has 5 heteroatoms. The molecule has 3 heterocycles. The van der Waals surface area contributed by atoms with Gasteiger partial charge in [0, 0.05) is 26.3 Å². The van der Waals surface area contributed by atoms with Gasteiger partial charge in [-0.15, -0.1) is 0 Å². The molecule has 1 aliphatic carbocycles. The zero-order valence-corrected chi connectivity index (χ0v) is 13.8. The zero-order valence-electron chi connectivity index (χ0n) is 13.8. The minimum Gasteiger partial charge on any atom is -0.359 e. The first kappa shape index (κ1) is 14.0. The molecular formula is C17H25N5. The summed E-state index contributed by atoms with van der Waals surface area (Å²) < 4.78 is 0. The van der Waals surface area contributed by atoms with Crippen LogP contribution in [0.5, 0.6) is 0 Å². The lowest BCUT2D eigenvalue weighted by molar-refractivity contribution is 0.197. The van der Waals surface area contributed by atoms with Crippen molar-refractivity contribution in [1.29, 1.82) is 0 Å². The van der Waals surface area contributed by atoms with Gasteiger partial charge in [-0.3, -0.25) is 0 Å². The SMILES string of the molecule is CN(C[C@H]1[C@@H]2CNC[C@]21C(C)(C)C)c1ncnc2[nH]ccc12. The fourth-order valence-electron chi connectivity index (χ4n) is 4.84. The minimum absolute atomic E-state index is 0.349. The van der Waals surface area contributed by atoms with E-state index < -0.39 is 0 Å². The fourth-order valence-corrected chi connectivity index (χ4v) is 4.84. The number of nitrogens with one attached hydrogen (secondary N) is 2. The smallest absolute Gasteiger partial charge is 0.142 e. The van der Waals surface area contributed by atoms with E-state index in [2.05, 4.69) is 59.1 Å². The van der Waals surface area contributed by atoms with Gasteiger partial charge in [-0.1, -0.05) is 20.8 Å². The molecule has 1 saturated heterocycles. The Hall–Kier alpha value is -1.62. The van der Waals surface area contributed by atoms with Crippen LogP contribution in [-0.2, 0) is 0 Å². The van der Waals surface area contributed by atoms with E-state index in [0.717, 1.165) is 41.8 Å². The van der Waals surface area contributed by atoms with Crippen LogP contribution in [0.1, 0.15) is 20.8 Å². The summed E-state index contributed by atoms with van der Waals surface area (Å²) in [5.74, 6) is 2.59. The fraction of sp³-hybridized carbons (Fsp3) is 0.647. The second kappa shape index (κ2) is 4.44. The van der Waals surface area contributed by atoms with Crippen molar-refractivity contribution in [3.05, 3.63) is 18.6 Å². The number of fused-ring (bicyclic) bond motifs is 2. The van der Waals surface area contributed by atoms with E-state index in [1.54, 1.807) is 6.33 Å². The van der Waals surface area contributed by atoms with Crippen LogP contribution >= 0.6 is 0 Å². The number of aromatic nitrogens is 3. The van der Waals surface area contributed by atoms with Crippen LogP contribution in [0.25, 0.3) is 11.0 Å². The molecular weight excluding hydrogens is 274 g/mol. The molecule has 118 valence electrons. The lowest BCUT2D eigenvalue weighted by atomic mass is 9.75. The van der Waals surface area contributed by atoms with E-state index in [0.29, 0.717) is 10.8 Å². The average molecular weight is 299 g/mol. The van der Waals surface area contributed by atoms with E-state index >= 15 is 0 Å². The van der Waals surface area contributed by atoms with Gasteiger partial charge >= 0.3 is 0 Å². The molecule has 0 radical (unpaired) electrons. The molecule has 2 fully saturated rings. The molecule has 3 atom stereocenters. The molecule has 5 nitrogen and oxygen atoms in total. The number of piperidine rings is 1. The number of anilines is 1. The normalized spacial score (nSPS) is 30.5. The second-order valence-corrected chi connectivity index (χ2v) is 7.95. The molecule has 0 amide bonds. The summed E-state index contributed by atoms with van der Waals surface area (Å²) in [6.45, 7) is 10.6. The molecule has 1 saturated carbocycles. The number of hydrogen-bond donors (Lipinski definition) is 2. The van der Waals surface area contributed by atoms with Crippen LogP contribution in [0.3, 0.4) is 0 Å². The first-order chi connectivity index (χ1) is 10.4. The Morgan fingerprint density at radius 3 is 2.91 bits per heavy atom. The van der Waals surface area contributed by atoms with E-state index in [9.17, 15) is 0 Å². The van der Waals surface area contributed by atoms with Gasteiger partial charge in [0.05, 0.1) is 5.39 Å². The first-order valence-electron chi connectivity index (χ1n) is 8.15. The summed E-state index contributed by atoms with van der Waals surface area (Å²) in [5.41, 5.74) is 1.72. The second-order valence-electron chi connectivity index (χ2n) is 7.95. The Morgan fingerprint density at radius 1 is 1.36 bits per heavy atom. The van der Waals surface area contributed by atoms with Crippen LogP contribution in [0, 0.1) is 22.7 Å². The van der Waals surface area contributed by atoms with Crippen molar-refractivity contribution < 1.29 is 0 Å². The molecule has 2 aromatic heterocycles. The molecule has 0 spiro atoms. The number of nitrogens with zero attached hydrogens (tertiary/aromatic N) is 3. The van der Waals surface area contributed by atoms with Gasteiger partial charge < -0.3 is 15.2 Å². The number of hydrogen-bond acceptors (Lipinski definition) is 4. The lowest BCUT2D eigenvalue weighted by Crippen LogP contribution is -2.35. The molecule has 22 heavy (non-hydrogen) atoms. The number of H-pyrrole nitrogens is 1. The van der Waals surface area contributed by atoms with Crippen molar-refractivity contribution in [2.24, 2.45) is 22.7 Å². The Bertz CT molecular complexity index is 700. The monoisotopic (exact) mass is 299 g/mol. The third kappa shape index (κ3) is 1.75. The highest BCUT2D eigenvalue weighted by Crippen LogP contribution is 2.69. The highest BCUT2D eigenvalue weighted by atomic mass is 15.2. The van der Waals surface area contributed by atoms with E-state index in [-0.39, 0.29) is 0 Å². The minimum atomic E-state index is 0.349. The zero-order chi connectivity index (χ0) is 15.5. The molecule has 0 unspecified atom stereocenters. The van der Waals surface area contributed by atoms with E-state index in [4.69, 9.17) is 0 Å². The van der Waals surface area contributed by atoms with Crippen molar-refractivity contribution in [2.45, 2.75) is 20.8 Å². The standard InChI is InChI=1S/C17H25N5/c1-16(2,3)17-9-18-7-12(17)13(17)8-22(4)15-11-5-6-19-14(11)20-10-21-15/h5-6,10,12-13,18H,7-9H2,1-4H3,(H,19,20,21)/t12-,13-,17-/m0/s1. The van der Waals surface area contributed by atoms with Gasteiger partial charge in [-0.25, -0.2) is 9.97 Å². The largest absolute Gasteiger partial charge is 0.359 e. The highest BCUT2D eigenvalue weighted by molar-refractivity contribution is 5.87. The Balaban J connectivity index is 1.59. The maximum atomic E-state index is 4.52. The van der Waals surface area contributed by atoms with E-state index in [1.807, 2.05) is 6.20 Å². The summed E-state index contributed by atoms with van der Waals surface area (Å²) in [7, 11) is 2.16. The summed E-state index contributed by atoms with van der Waals surface area (Å²) in [4.78, 5) is 14.3. The predicted octanol–water partition coefficient (Wildman–Crippen LogP) is 2.28.